The second-order valence-electron chi connectivity index (χ2n) is 6.54. The number of carbonyl (C=O) groups excluding carboxylic acids is 1. The molecule has 3 aromatic rings. The Morgan fingerprint density at radius 3 is 1.77 bits per heavy atom. The molecule has 0 saturated heterocycles. The Labute approximate surface area is 176 Å². The van der Waals surface area contributed by atoms with Crippen molar-refractivity contribution >= 4 is 17.9 Å². The van der Waals surface area contributed by atoms with Crippen LogP contribution in [-0.4, -0.2) is 19.0 Å². The summed E-state index contributed by atoms with van der Waals surface area (Å²) in [6, 6.07) is 20.8. The van der Waals surface area contributed by atoms with Gasteiger partial charge in [-0.05, 0) is 72.7 Å². The molecule has 0 fully saturated rings. The predicted molar refractivity (Wildman–Crippen MR) is 118 cm³/mol. The topological polar surface area (TPSA) is 35.5 Å². The Kier molecular flexibility index (Phi) is 7.56. The number of benzene rings is 3. The van der Waals surface area contributed by atoms with Gasteiger partial charge in [0.15, 0.2) is 5.78 Å². The predicted octanol–water partition coefficient (Wildman–Crippen LogP) is 6.21. The van der Waals surface area contributed by atoms with Gasteiger partial charge < -0.3 is 9.47 Å². The molecule has 3 aromatic carbocycles. The normalized spacial score (nSPS) is 11.1. The highest BCUT2D eigenvalue weighted by Gasteiger charge is 2.02. The van der Waals surface area contributed by atoms with Crippen molar-refractivity contribution in [1.82, 2.24) is 0 Å². The summed E-state index contributed by atoms with van der Waals surface area (Å²) in [7, 11) is 0. The second-order valence-corrected chi connectivity index (χ2v) is 6.54. The minimum Gasteiger partial charge on any atom is -0.490 e. The van der Waals surface area contributed by atoms with E-state index in [2.05, 4.69) is 0 Å². The summed E-state index contributed by atoms with van der Waals surface area (Å²) in [4.78, 5) is 12.1. The third-order valence-electron chi connectivity index (χ3n) is 4.30. The van der Waals surface area contributed by atoms with Gasteiger partial charge in [0.25, 0.3) is 0 Å². The minimum absolute atomic E-state index is 0.175. The molecular weight excluding hydrogens is 379 g/mol. The van der Waals surface area contributed by atoms with Gasteiger partial charge in [-0.3, -0.25) is 4.79 Å². The van der Waals surface area contributed by atoms with E-state index in [1.54, 1.807) is 6.08 Å². The molecule has 0 amide bonds. The number of allylic oxidation sites excluding steroid dienone is 2. The van der Waals surface area contributed by atoms with E-state index in [-0.39, 0.29) is 11.6 Å². The van der Waals surface area contributed by atoms with Crippen LogP contribution in [0.25, 0.3) is 12.2 Å². The number of hydrogen-bond donors (Lipinski definition) is 0. The third-order valence-corrected chi connectivity index (χ3v) is 4.30. The summed E-state index contributed by atoms with van der Waals surface area (Å²) >= 11 is 0. The van der Waals surface area contributed by atoms with Crippen LogP contribution in [0, 0.1) is 5.82 Å². The van der Waals surface area contributed by atoms with Crippen molar-refractivity contribution < 1.29 is 18.7 Å². The first-order valence-electron chi connectivity index (χ1n) is 9.70. The van der Waals surface area contributed by atoms with Crippen molar-refractivity contribution in [2.45, 2.75) is 6.92 Å². The fraction of sp³-hybridized carbons (Fsp3) is 0.115. The molecule has 0 aliphatic rings. The van der Waals surface area contributed by atoms with Gasteiger partial charge in [0, 0.05) is 5.56 Å². The van der Waals surface area contributed by atoms with E-state index in [1.807, 2.05) is 67.6 Å². The van der Waals surface area contributed by atoms with Gasteiger partial charge >= 0.3 is 0 Å². The van der Waals surface area contributed by atoms with Gasteiger partial charge in [-0.15, -0.1) is 0 Å². The van der Waals surface area contributed by atoms with Crippen LogP contribution in [0.5, 0.6) is 11.5 Å². The standard InChI is InChI=1S/C26H23FO3/c1-2-3-20-4-13-24(14-5-20)29-18-19-30-25-15-6-21(7-16-25)8-17-26(28)22-9-11-23(27)12-10-22/h2-17H,18-19H2,1H3/b3-2?,17-8+. The Morgan fingerprint density at radius 1 is 0.767 bits per heavy atom. The van der Waals surface area contributed by atoms with Crippen LogP contribution in [0.2, 0.25) is 0 Å². The molecule has 0 N–H and O–H groups in total. The number of rotatable bonds is 9. The molecule has 0 aliphatic heterocycles. The molecule has 4 heteroatoms. The van der Waals surface area contributed by atoms with Crippen molar-refractivity contribution in [2.24, 2.45) is 0 Å². The van der Waals surface area contributed by atoms with E-state index in [1.165, 1.54) is 30.3 Å². The van der Waals surface area contributed by atoms with Gasteiger partial charge in [0.1, 0.15) is 30.5 Å². The number of carbonyl (C=O) groups is 1. The van der Waals surface area contributed by atoms with Gasteiger partial charge in [-0.1, -0.05) is 42.5 Å². The average Bonchev–Trinajstić information content (AvgIpc) is 2.77. The number of ketones is 1. The summed E-state index contributed by atoms with van der Waals surface area (Å²) in [5.41, 5.74) is 2.45. The lowest BCUT2D eigenvalue weighted by Crippen LogP contribution is -2.08. The molecule has 0 saturated carbocycles. The molecular formula is C26H23FO3. The molecule has 0 spiro atoms. The van der Waals surface area contributed by atoms with Crippen molar-refractivity contribution in [1.29, 1.82) is 0 Å². The smallest absolute Gasteiger partial charge is 0.185 e. The molecule has 0 radical (unpaired) electrons. The molecule has 0 heterocycles. The zero-order chi connectivity index (χ0) is 21.2. The van der Waals surface area contributed by atoms with Crippen LogP contribution in [0.4, 0.5) is 4.39 Å². The fourth-order valence-electron chi connectivity index (χ4n) is 2.74. The van der Waals surface area contributed by atoms with Crippen molar-refractivity contribution in [3.63, 3.8) is 0 Å². The maximum atomic E-state index is 12.9. The first kappa shape index (κ1) is 21.1. The zero-order valence-electron chi connectivity index (χ0n) is 16.8. The zero-order valence-corrected chi connectivity index (χ0v) is 16.8. The Balaban J connectivity index is 1.44. The number of ether oxygens (including phenoxy) is 2. The molecule has 3 nitrogen and oxygen atoms in total. The first-order chi connectivity index (χ1) is 14.6. The lowest BCUT2D eigenvalue weighted by Gasteiger charge is -2.09. The van der Waals surface area contributed by atoms with E-state index in [4.69, 9.17) is 9.47 Å². The summed E-state index contributed by atoms with van der Waals surface area (Å²) in [6.45, 7) is 2.85. The summed E-state index contributed by atoms with van der Waals surface area (Å²) in [6.07, 6.45) is 7.22. The van der Waals surface area contributed by atoms with E-state index in [0.29, 0.717) is 18.8 Å². The van der Waals surface area contributed by atoms with Crippen molar-refractivity contribution in [3.05, 3.63) is 107 Å². The first-order valence-corrected chi connectivity index (χ1v) is 9.70. The SMILES string of the molecule is CC=Cc1ccc(OCCOc2ccc(/C=C/C(=O)c3ccc(F)cc3)cc2)cc1. The maximum Gasteiger partial charge on any atom is 0.185 e. The molecule has 0 atom stereocenters. The minimum atomic E-state index is -0.362. The molecule has 0 unspecified atom stereocenters. The highest BCUT2D eigenvalue weighted by Crippen LogP contribution is 2.15. The van der Waals surface area contributed by atoms with Crippen LogP contribution < -0.4 is 9.47 Å². The largest absolute Gasteiger partial charge is 0.490 e. The summed E-state index contributed by atoms with van der Waals surface area (Å²) < 4.78 is 24.3. The Hall–Kier alpha value is -3.66. The average molecular weight is 402 g/mol. The highest BCUT2D eigenvalue weighted by molar-refractivity contribution is 6.06. The monoisotopic (exact) mass is 402 g/mol. The van der Waals surface area contributed by atoms with Crippen molar-refractivity contribution in [2.75, 3.05) is 13.2 Å². The fourth-order valence-corrected chi connectivity index (χ4v) is 2.74. The van der Waals surface area contributed by atoms with E-state index < -0.39 is 0 Å². The Bertz CT molecular complexity index is 1000. The van der Waals surface area contributed by atoms with Gasteiger partial charge in [-0.25, -0.2) is 4.39 Å². The molecule has 152 valence electrons. The van der Waals surface area contributed by atoms with Crippen LogP contribution in [0.15, 0.2) is 84.9 Å². The maximum absolute atomic E-state index is 12.9. The molecule has 3 rings (SSSR count). The van der Waals surface area contributed by atoms with Gasteiger partial charge in [0.2, 0.25) is 0 Å². The molecule has 0 bridgehead atoms. The van der Waals surface area contributed by atoms with E-state index in [0.717, 1.165) is 22.6 Å². The Morgan fingerprint density at radius 2 is 1.27 bits per heavy atom. The summed E-state index contributed by atoms with van der Waals surface area (Å²) in [5, 5.41) is 0. The second kappa shape index (κ2) is 10.8. The third kappa shape index (κ3) is 6.45. The lowest BCUT2D eigenvalue weighted by atomic mass is 10.1. The number of halogens is 1. The van der Waals surface area contributed by atoms with E-state index in [9.17, 15) is 9.18 Å². The quantitative estimate of drug-likeness (QED) is 0.242. The van der Waals surface area contributed by atoms with Crippen LogP contribution in [0.3, 0.4) is 0 Å². The molecule has 30 heavy (non-hydrogen) atoms. The summed E-state index contributed by atoms with van der Waals surface area (Å²) in [5.74, 6) is 0.993. The van der Waals surface area contributed by atoms with Crippen LogP contribution >= 0.6 is 0 Å². The lowest BCUT2D eigenvalue weighted by molar-refractivity contribution is 0.104. The van der Waals surface area contributed by atoms with E-state index >= 15 is 0 Å². The van der Waals surface area contributed by atoms with Gasteiger partial charge in [-0.2, -0.15) is 0 Å². The van der Waals surface area contributed by atoms with Crippen LogP contribution in [0.1, 0.15) is 28.4 Å². The molecule has 0 aromatic heterocycles. The van der Waals surface area contributed by atoms with Gasteiger partial charge in [0.05, 0.1) is 0 Å². The molecule has 0 aliphatic carbocycles. The highest BCUT2D eigenvalue weighted by atomic mass is 19.1. The van der Waals surface area contributed by atoms with Crippen molar-refractivity contribution in [3.8, 4) is 11.5 Å². The van der Waals surface area contributed by atoms with Crippen LogP contribution in [-0.2, 0) is 0 Å². The number of hydrogen-bond acceptors (Lipinski definition) is 3.